The molecule has 8 nitrogen and oxygen atoms in total. The van der Waals surface area contributed by atoms with Gasteiger partial charge in [-0.05, 0) is 65.6 Å². The number of carboxylic acids is 1. The first-order valence-electron chi connectivity index (χ1n) is 9.53. The summed E-state index contributed by atoms with van der Waals surface area (Å²) in [5.41, 5.74) is -0.890. The number of pyridine rings is 1. The summed E-state index contributed by atoms with van der Waals surface area (Å²) in [6.45, 7) is 13.1. The molecule has 1 aliphatic heterocycles. The van der Waals surface area contributed by atoms with Gasteiger partial charge in [-0.15, -0.1) is 0 Å². The van der Waals surface area contributed by atoms with Crippen LogP contribution in [-0.2, 0) is 14.0 Å². The maximum atomic E-state index is 12.1. The highest BCUT2D eigenvalue weighted by Gasteiger charge is 2.52. The first kappa shape index (κ1) is 24.2. The van der Waals surface area contributed by atoms with Crippen LogP contribution in [0, 0.1) is 0 Å². The molecule has 0 aromatic carbocycles. The van der Waals surface area contributed by atoms with Crippen molar-refractivity contribution in [2.24, 2.45) is 0 Å². The summed E-state index contributed by atoms with van der Waals surface area (Å²) in [7, 11) is -0.733. The summed E-state index contributed by atoms with van der Waals surface area (Å²) < 4.78 is 17.5. The van der Waals surface area contributed by atoms with E-state index < -0.39 is 36.0 Å². The largest absolute Gasteiger partial charge is 0.492 e. The van der Waals surface area contributed by atoms with Gasteiger partial charge in [0.1, 0.15) is 5.60 Å². The average molecular weight is 439 g/mol. The first-order valence-corrected chi connectivity index (χ1v) is 9.91. The molecule has 1 aromatic heterocycles. The van der Waals surface area contributed by atoms with Crippen molar-refractivity contribution < 1.29 is 28.7 Å². The number of hydrogen-bond acceptors (Lipinski definition) is 6. The van der Waals surface area contributed by atoms with Crippen LogP contribution in [0.3, 0.4) is 0 Å². The van der Waals surface area contributed by atoms with Crippen molar-refractivity contribution in [3.8, 4) is 0 Å². The molecule has 0 aliphatic carbocycles. The highest BCUT2D eigenvalue weighted by Crippen LogP contribution is 2.38. The van der Waals surface area contributed by atoms with E-state index in [-0.39, 0.29) is 17.3 Å². The number of carbonyl (C=O) groups excluding carboxylic acids is 1. The van der Waals surface area contributed by atoms with Crippen LogP contribution < -0.4 is 5.32 Å². The molecule has 1 fully saturated rings. The van der Waals surface area contributed by atoms with Crippen LogP contribution in [0.5, 0.6) is 0 Å². The number of ether oxygens (including phenoxy) is 1. The van der Waals surface area contributed by atoms with Crippen molar-refractivity contribution in [3.05, 3.63) is 34.0 Å². The monoisotopic (exact) mass is 438 g/mol. The van der Waals surface area contributed by atoms with Crippen LogP contribution in [0.2, 0.25) is 5.02 Å². The van der Waals surface area contributed by atoms with Gasteiger partial charge >= 0.3 is 19.2 Å². The third kappa shape index (κ3) is 5.96. The van der Waals surface area contributed by atoms with Crippen molar-refractivity contribution in [2.45, 2.75) is 65.3 Å². The molecular formula is C20H28BClN2O6. The van der Waals surface area contributed by atoms with Crippen molar-refractivity contribution >= 4 is 36.9 Å². The van der Waals surface area contributed by atoms with E-state index in [4.69, 9.17) is 30.8 Å². The molecule has 0 unspecified atom stereocenters. The second kappa shape index (κ2) is 8.57. The van der Waals surface area contributed by atoms with Crippen LogP contribution >= 0.6 is 11.6 Å². The minimum atomic E-state index is -1.21. The standard InChI is InChI=1S/C20H28BClN2O6/c1-18(2,3)28-17(27)24-11-13(21-29-19(4,5)20(6,7)30-21)8-12-9-14(22)15(16(25)26)23-10-12/h8-10H,11H2,1-7H3,(H,24,27)(H,25,26). The van der Waals surface area contributed by atoms with Crippen LogP contribution in [0.1, 0.15) is 64.5 Å². The van der Waals surface area contributed by atoms with Gasteiger partial charge in [-0.25, -0.2) is 14.6 Å². The third-order valence-electron chi connectivity index (χ3n) is 4.81. The predicted molar refractivity (Wildman–Crippen MR) is 115 cm³/mol. The number of aromatic nitrogens is 1. The van der Waals surface area contributed by atoms with Gasteiger partial charge in [-0.3, -0.25) is 0 Å². The fraction of sp³-hybridized carbons (Fsp3) is 0.550. The van der Waals surface area contributed by atoms with Crippen LogP contribution in [0.25, 0.3) is 6.08 Å². The van der Waals surface area contributed by atoms with Crippen molar-refractivity contribution in [1.82, 2.24) is 10.3 Å². The summed E-state index contributed by atoms with van der Waals surface area (Å²) in [5, 5.41) is 11.8. The smallest absolute Gasteiger partial charge is 0.476 e. The summed E-state index contributed by atoms with van der Waals surface area (Å²) in [6, 6.07) is 1.48. The third-order valence-corrected chi connectivity index (χ3v) is 5.10. The number of carbonyl (C=O) groups is 2. The first-order chi connectivity index (χ1) is 13.6. The molecule has 0 radical (unpaired) electrons. The number of nitrogens with zero attached hydrogens (tertiary/aromatic N) is 1. The van der Waals surface area contributed by atoms with Crippen molar-refractivity contribution in [3.63, 3.8) is 0 Å². The van der Waals surface area contributed by atoms with Crippen molar-refractivity contribution in [1.29, 1.82) is 0 Å². The second-order valence-corrected chi connectivity index (χ2v) is 9.47. The van der Waals surface area contributed by atoms with E-state index >= 15 is 0 Å². The van der Waals surface area contributed by atoms with Gasteiger partial charge in [0.05, 0.1) is 16.2 Å². The molecule has 2 heterocycles. The Morgan fingerprint density at radius 2 is 1.83 bits per heavy atom. The molecule has 1 aliphatic rings. The molecule has 0 saturated carbocycles. The van der Waals surface area contributed by atoms with E-state index in [1.165, 1.54) is 12.3 Å². The Bertz CT molecular complexity index is 847. The number of aromatic carboxylic acids is 1. The van der Waals surface area contributed by atoms with E-state index in [1.807, 2.05) is 27.7 Å². The van der Waals surface area contributed by atoms with Gasteiger partial charge in [0.2, 0.25) is 0 Å². The number of halogens is 1. The lowest BCUT2D eigenvalue weighted by Gasteiger charge is -2.32. The Hall–Kier alpha value is -2.10. The maximum Gasteiger partial charge on any atom is 0.492 e. The minimum absolute atomic E-state index is 0.00428. The number of nitrogens with one attached hydrogen (secondary N) is 1. The SMILES string of the molecule is CC(C)(C)OC(=O)NCC(=Cc1cnc(C(=O)O)c(Cl)c1)B1OC(C)(C)C(C)(C)O1. The van der Waals surface area contributed by atoms with Crippen molar-refractivity contribution in [2.75, 3.05) is 6.54 Å². The van der Waals surface area contributed by atoms with E-state index in [9.17, 15) is 9.59 Å². The van der Waals surface area contributed by atoms with Gasteiger partial charge in [-0.2, -0.15) is 0 Å². The molecule has 1 amide bonds. The van der Waals surface area contributed by atoms with Crippen LogP contribution in [0.15, 0.2) is 17.7 Å². The molecule has 0 spiro atoms. The lowest BCUT2D eigenvalue weighted by Crippen LogP contribution is -2.41. The average Bonchev–Trinajstić information content (AvgIpc) is 2.77. The molecule has 2 rings (SSSR count). The Morgan fingerprint density at radius 3 is 2.30 bits per heavy atom. The zero-order valence-corrected chi connectivity index (χ0v) is 19.1. The Kier molecular flexibility index (Phi) is 6.90. The highest BCUT2D eigenvalue weighted by molar-refractivity contribution is 6.56. The molecule has 1 aromatic rings. The Labute approximate surface area is 182 Å². The summed E-state index contributed by atoms with van der Waals surface area (Å²) in [4.78, 5) is 27.1. The summed E-state index contributed by atoms with van der Waals surface area (Å²) >= 11 is 6.03. The van der Waals surface area contributed by atoms with Gasteiger partial charge in [0.15, 0.2) is 5.69 Å². The van der Waals surface area contributed by atoms with E-state index in [2.05, 4.69) is 10.3 Å². The maximum absolute atomic E-state index is 12.1. The van der Waals surface area contributed by atoms with Crippen LogP contribution in [0.4, 0.5) is 4.79 Å². The van der Waals surface area contributed by atoms with E-state index in [0.717, 1.165) is 0 Å². The molecule has 0 bridgehead atoms. The Balaban J connectivity index is 2.32. The minimum Gasteiger partial charge on any atom is -0.476 e. The number of carboxylic acid groups (broad SMARTS) is 1. The summed E-state index contributed by atoms with van der Waals surface area (Å²) in [6.07, 6.45) is 2.50. The highest BCUT2D eigenvalue weighted by atomic mass is 35.5. The normalized spacial score (nSPS) is 18.3. The zero-order chi connectivity index (χ0) is 22.9. The van der Waals surface area contributed by atoms with E-state index in [1.54, 1.807) is 26.8 Å². The van der Waals surface area contributed by atoms with Gasteiger partial charge in [0.25, 0.3) is 0 Å². The molecule has 164 valence electrons. The predicted octanol–water partition coefficient (Wildman–Crippen LogP) is 3.97. The lowest BCUT2D eigenvalue weighted by molar-refractivity contribution is 0.00578. The lowest BCUT2D eigenvalue weighted by atomic mass is 9.77. The topological polar surface area (TPSA) is 107 Å². The molecule has 30 heavy (non-hydrogen) atoms. The van der Waals surface area contributed by atoms with E-state index in [0.29, 0.717) is 11.0 Å². The molecule has 0 atom stereocenters. The number of rotatable bonds is 5. The fourth-order valence-electron chi connectivity index (χ4n) is 2.59. The molecule has 1 saturated heterocycles. The fourth-order valence-corrected chi connectivity index (χ4v) is 2.84. The molecule has 2 N–H and O–H groups in total. The Morgan fingerprint density at radius 1 is 1.27 bits per heavy atom. The zero-order valence-electron chi connectivity index (χ0n) is 18.3. The number of amides is 1. The van der Waals surface area contributed by atoms with Gasteiger partial charge in [-0.1, -0.05) is 17.7 Å². The summed E-state index contributed by atoms with van der Waals surface area (Å²) in [5.74, 6) is -1.21. The number of hydrogen-bond donors (Lipinski definition) is 2. The second-order valence-electron chi connectivity index (χ2n) is 9.07. The quantitative estimate of drug-likeness (QED) is 0.670. The van der Waals surface area contributed by atoms with Gasteiger partial charge in [0, 0.05) is 12.7 Å². The molecule has 10 heteroatoms. The van der Waals surface area contributed by atoms with Gasteiger partial charge < -0.3 is 24.5 Å². The number of alkyl carbamates (subject to hydrolysis) is 1. The molecular weight excluding hydrogens is 410 g/mol. The van der Waals surface area contributed by atoms with Crippen LogP contribution in [-0.4, -0.2) is 52.6 Å².